The number of nitrogens with one attached hydrogen (secondary N) is 1. The highest BCUT2D eigenvalue weighted by atomic mass is 35.5. The summed E-state index contributed by atoms with van der Waals surface area (Å²) in [6.07, 6.45) is 3.24. The Hall–Kier alpha value is -2.38. The van der Waals surface area contributed by atoms with Gasteiger partial charge in [0.15, 0.2) is 5.16 Å². The van der Waals surface area contributed by atoms with E-state index in [9.17, 15) is 13.6 Å². The molecule has 25 heavy (non-hydrogen) atoms. The second-order valence-corrected chi connectivity index (χ2v) is 6.20. The van der Waals surface area contributed by atoms with E-state index >= 15 is 0 Å². The number of rotatable bonds is 4. The van der Waals surface area contributed by atoms with E-state index < -0.39 is 11.7 Å². The van der Waals surface area contributed by atoms with Gasteiger partial charge in [0.05, 0.1) is 16.9 Å². The highest BCUT2D eigenvalue weighted by Crippen LogP contribution is 2.25. The Kier molecular flexibility index (Phi) is 5.06. The molecular formula is C17H12ClF2N3OS. The smallest absolute Gasteiger partial charge is 0.274 e. The quantitative estimate of drug-likeness (QED) is 0.664. The minimum Gasteiger partial charge on any atom is -0.319 e. The summed E-state index contributed by atoms with van der Waals surface area (Å²) in [4.78, 5) is 16.8. The first-order chi connectivity index (χ1) is 12.0. The van der Waals surface area contributed by atoms with Gasteiger partial charge >= 0.3 is 0 Å². The van der Waals surface area contributed by atoms with Crippen molar-refractivity contribution in [3.63, 3.8) is 0 Å². The minimum absolute atomic E-state index is 0.0892. The number of nitrogens with zero attached hydrogens (tertiary/aromatic N) is 2. The molecule has 3 rings (SSSR count). The molecule has 0 saturated carbocycles. The SMILES string of the molecule is CSc1ncc(C(=O)Nc2ccc(F)cc2Cl)n1-c1ccc(F)cc1. The summed E-state index contributed by atoms with van der Waals surface area (Å²) in [6, 6.07) is 9.41. The van der Waals surface area contributed by atoms with E-state index in [4.69, 9.17) is 11.6 Å². The van der Waals surface area contributed by atoms with Gasteiger partial charge in [0.1, 0.15) is 17.3 Å². The van der Waals surface area contributed by atoms with Crippen LogP contribution in [0.3, 0.4) is 0 Å². The molecule has 0 atom stereocenters. The van der Waals surface area contributed by atoms with Crippen LogP contribution in [-0.2, 0) is 0 Å². The van der Waals surface area contributed by atoms with Crippen LogP contribution in [-0.4, -0.2) is 21.7 Å². The van der Waals surface area contributed by atoms with Gasteiger partial charge in [-0.2, -0.15) is 0 Å². The second kappa shape index (κ2) is 7.25. The third-order valence-corrected chi connectivity index (χ3v) is 4.37. The van der Waals surface area contributed by atoms with Gasteiger partial charge in [-0.25, -0.2) is 13.8 Å². The zero-order chi connectivity index (χ0) is 18.0. The molecule has 128 valence electrons. The Labute approximate surface area is 151 Å². The van der Waals surface area contributed by atoms with Crippen molar-refractivity contribution in [1.82, 2.24) is 9.55 Å². The zero-order valence-electron chi connectivity index (χ0n) is 13.0. The number of carbonyl (C=O) groups is 1. The molecule has 3 aromatic rings. The fourth-order valence-electron chi connectivity index (χ4n) is 2.26. The first-order valence-corrected chi connectivity index (χ1v) is 8.74. The van der Waals surface area contributed by atoms with Crippen molar-refractivity contribution in [1.29, 1.82) is 0 Å². The predicted octanol–water partition coefficient (Wildman–Crippen LogP) is 4.78. The fraction of sp³-hybridized carbons (Fsp3) is 0.0588. The van der Waals surface area contributed by atoms with E-state index in [0.29, 0.717) is 10.8 Å². The van der Waals surface area contributed by atoms with Crippen LogP contribution in [0.5, 0.6) is 0 Å². The van der Waals surface area contributed by atoms with Gasteiger partial charge in [0, 0.05) is 5.69 Å². The Morgan fingerprint density at radius 3 is 2.48 bits per heavy atom. The number of amides is 1. The lowest BCUT2D eigenvalue weighted by atomic mass is 10.2. The predicted molar refractivity (Wildman–Crippen MR) is 94.7 cm³/mol. The number of hydrogen-bond donors (Lipinski definition) is 1. The van der Waals surface area contributed by atoms with Crippen molar-refractivity contribution in [3.05, 3.63) is 71.0 Å². The Morgan fingerprint density at radius 1 is 1.16 bits per heavy atom. The maximum atomic E-state index is 13.2. The molecule has 0 aliphatic rings. The van der Waals surface area contributed by atoms with Gasteiger partial charge in [0.25, 0.3) is 5.91 Å². The lowest BCUT2D eigenvalue weighted by Crippen LogP contribution is -2.17. The third kappa shape index (κ3) is 3.67. The summed E-state index contributed by atoms with van der Waals surface area (Å²) in [5, 5.41) is 3.29. The van der Waals surface area contributed by atoms with Crippen LogP contribution >= 0.6 is 23.4 Å². The molecular weight excluding hydrogens is 368 g/mol. The van der Waals surface area contributed by atoms with Crippen molar-refractivity contribution in [2.24, 2.45) is 0 Å². The fourth-order valence-corrected chi connectivity index (χ4v) is 3.01. The average molecular weight is 380 g/mol. The molecule has 0 saturated heterocycles. The second-order valence-electron chi connectivity index (χ2n) is 5.02. The summed E-state index contributed by atoms with van der Waals surface area (Å²) >= 11 is 7.29. The monoisotopic (exact) mass is 379 g/mol. The summed E-state index contributed by atoms with van der Waals surface area (Å²) in [7, 11) is 0. The first kappa shape index (κ1) is 17.4. The van der Waals surface area contributed by atoms with Gasteiger partial charge in [-0.15, -0.1) is 0 Å². The van der Waals surface area contributed by atoms with Crippen molar-refractivity contribution < 1.29 is 13.6 Å². The van der Waals surface area contributed by atoms with Crippen LogP contribution < -0.4 is 5.32 Å². The molecule has 0 bridgehead atoms. The Morgan fingerprint density at radius 2 is 1.84 bits per heavy atom. The van der Waals surface area contributed by atoms with Gasteiger partial charge in [-0.1, -0.05) is 23.4 Å². The van der Waals surface area contributed by atoms with E-state index in [1.165, 1.54) is 42.2 Å². The third-order valence-electron chi connectivity index (χ3n) is 3.41. The number of imidazole rings is 1. The molecule has 8 heteroatoms. The molecule has 0 unspecified atom stereocenters. The van der Waals surface area contributed by atoms with Crippen LogP contribution in [0.25, 0.3) is 5.69 Å². The van der Waals surface area contributed by atoms with E-state index in [0.717, 1.165) is 6.07 Å². The maximum absolute atomic E-state index is 13.2. The number of aromatic nitrogens is 2. The maximum Gasteiger partial charge on any atom is 0.274 e. The van der Waals surface area contributed by atoms with E-state index in [2.05, 4.69) is 10.3 Å². The van der Waals surface area contributed by atoms with E-state index in [1.54, 1.807) is 16.7 Å². The van der Waals surface area contributed by atoms with Crippen LogP contribution in [0.15, 0.2) is 53.8 Å². The number of hydrogen-bond acceptors (Lipinski definition) is 3. The van der Waals surface area contributed by atoms with Crippen LogP contribution in [0.4, 0.5) is 14.5 Å². The number of benzene rings is 2. The molecule has 0 aliphatic carbocycles. The average Bonchev–Trinajstić information content (AvgIpc) is 3.02. The van der Waals surface area contributed by atoms with Gasteiger partial charge in [-0.05, 0) is 48.7 Å². The summed E-state index contributed by atoms with van der Waals surface area (Å²) < 4.78 is 27.9. The Balaban J connectivity index is 1.98. The minimum atomic E-state index is -0.496. The molecule has 0 fully saturated rings. The number of thioether (sulfide) groups is 1. The van der Waals surface area contributed by atoms with Gasteiger partial charge < -0.3 is 5.32 Å². The first-order valence-electron chi connectivity index (χ1n) is 7.13. The highest BCUT2D eigenvalue weighted by molar-refractivity contribution is 7.98. The lowest BCUT2D eigenvalue weighted by molar-refractivity contribution is 0.102. The molecule has 4 nitrogen and oxygen atoms in total. The highest BCUT2D eigenvalue weighted by Gasteiger charge is 2.18. The molecule has 0 aliphatic heterocycles. The molecule has 1 heterocycles. The summed E-state index contributed by atoms with van der Waals surface area (Å²) in [6.45, 7) is 0. The summed E-state index contributed by atoms with van der Waals surface area (Å²) in [5.41, 5.74) is 1.13. The molecule has 1 aromatic heterocycles. The van der Waals surface area contributed by atoms with Crippen molar-refractivity contribution >= 4 is 35.0 Å². The molecule has 2 aromatic carbocycles. The number of halogens is 3. The summed E-state index contributed by atoms with van der Waals surface area (Å²) in [5.74, 6) is -1.34. The molecule has 1 amide bonds. The zero-order valence-corrected chi connectivity index (χ0v) is 14.5. The van der Waals surface area contributed by atoms with Crippen LogP contribution in [0, 0.1) is 11.6 Å². The van der Waals surface area contributed by atoms with Crippen molar-refractivity contribution in [2.75, 3.05) is 11.6 Å². The topological polar surface area (TPSA) is 46.9 Å². The van der Waals surface area contributed by atoms with Gasteiger partial charge in [-0.3, -0.25) is 9.36 Å². The normalized spacial score (nSPS) is 10.7. The largest absolute Gasteiger partial charge is 0.319 e. The van der Waals surface area contributed by atoms with Crippen LogP contribution in [0.2, 0.25) is 5.02 Å². The van der Waals surface area contributed by atoms with E-state index in [-0.39, 0.29) is 22.2 Å². The van der Waals surface area contributed by atoms with Crippen molar-refractivity contribution in [2.45, 2.75) is 5.16 Å². The molecule has 1 N–H and O–H groups in total. The number of anilines is 1. The Bertz CT molecular complexity index is 928. The standard InChI is InChI=1S/C17H12ClF2N3OS/c1-25-17-21-9-15(23(17)12-5-2-10(19)3-6-12)16(24)22-14-7-4-11(20)8-13(14)18/h2-9H,1H3,(H,22,24). The molecule has 0 radical (unpaired) electrons. The van der Waals surface area contributed by atoms with Crippen molar-refractivity contribution in [3.8, 4) is 5.69 Å². The lowest BCUT2D eigenvalue weighted by Gasteiger charge is -2.12. The van der Waals surface area contributed by atoms with Gasteiger partial charge in [0.2, 0.25) is 0 Å². The molecule has 0 spiro atoms. The number of carbonyl (C=O) groups excluding carboxylic acids is 1. The van der Waals surface area contributed by atoms with E-state index in [1.807, 2.05) is 6.26 Å². The van der Waals surface area contributed by atoms with Crippen LogP contribution in [0.1, 0.15) is 10.5 Å².